The second-order valence-corrected chi connectivity index (χ2v) is 5.73. The number of nitrogens with two attached hydrogens (primary N) is 1. The Morgan fingerprint density at radius 2 is 2.05 bits per heavy atom. The number of carbonyl (C=O) groups is 1. The van der Waals surface area contributed by atoms with Crippen LogP contribution in [0.3, 0.4) is 0 Å². The Hall–Kier alpha value is -1.58. The average Bonchev–Trinajstić information content (AvgIpc) is 2.36. The Morgan fingerprint density at radius 3 is 2.68 bits per heavy atom. The highest BCUT2D eigenvalue weighted by atomic mass is 19.1. The molecule has 2 rings (SSSR count). The van der Waals surface area contributed by atoms with Gasteiger partial charge in [-0.3, -0.25) is 4.79 Å². The Bertz CT molecular complexity index is 477. The largest absolute Gasteiger partial charge is 0.369 e. The summed E-state index contributed by atoms with van der Waals surface area (Å²) in [6, 6.07) is 6.40. The van der Waals surface area contributed by atoms with Crippen molar-refractivity contribution in [3.05, 3.63) is 30.1 Å². The van der Waals surface area contributed by atoms with Gasteiger partial charge in [-0.1, -0.05) is 32.4 Å². The molecule has 1 aromatic rings. The van der Waals surface area contributed by atoms with E-state index in [1.807, 2.05) is 6.92 Å². The van der Waals surface area contributed by atoms with Crippen LogP contribution < -0.4 is 11.1 Å². The van der Waals surface area contributed by atoms with Crippen molar-refractivity contribution in [3.63, 3.8) is 0 Å². The highest BCUT2D eigenvalue weighted by Gasteiger charge is 2.45. The van der Waals surface area contributed by atoms with Gasteiger partial charge in [0.25, 0.3) is 0 Å². The fourth-order valence-electron chi connectivity index (χ4n) is 3.02. The first kappa shape index (κ1) is 13.8. The van der Waals surface area contributed by atoms with Gasteiger partial charge in [-0.05, 0) is 36.8 Å². The SMILES string of the molecule is CC1CCC(C)C(Nc2ccccc2F)(C(N)=O)C1. The maximum Gasteiger partial charge on any atom is 0.243 e. The smallest absolute Gasteiger partial charge is 0.243 e. The van der Waals surface area contributed by atoms with Crippen molar-refractivity contribution in [2.75, 3.05) is 5.32 Å². The van der Waals surface area contributed by atoms with Gasteiger partial charge in [0.05, 0.1) is 5.69 Å². The second kappa shape index (κ2) is 5.19. The molecular weight excluding hydrogens is 243 g/mol. The molecule has 0 aliphatic heterocycles. The summed E-state index contributed by atoms with van der Waals surface area (Å²) in [6.45, 7) is 4.11. The average molecular weight is 264 g/mol. The Labute approximate surface area is 113 Å². The van der Waals surface area contributed by atoms with Gasteiger partial charge >= 0.3 is 0 Å². The number of halogens is 1. The second-order valence-electron chi connectivity index (χ2n) is 5.73. The molecule has 4 heteroatoms. The minimum atomic E-state index is -0.847. The summed E-state index contributed by atoms with van der Waals surface area (Å²) in [7, 11) is 0. The van der Waals surface area contributed by atoms with Crippen molar-refractivity contribution in [1.82, 2.24) is 0 Å². The van der Waals surface area contributed by atoms with Crippen LogP contribution in [0.2, 0.25) is 0 Å². The lowest BCUT2D eigenvalue weighted by molar-refractivity contribution is -0.125. The maximum absolute atomic E-state index is 13.8. The molecule has 0 bridgehead atoms. The fourth-order valence-corrected chi connectivity index (χ4v) is 3.02. The molecule has 3 atom stereocenters. The molecule has 19 heavy (non-hydrogen) atoms. The molecule has 0 radical (unpaired) electrons. The van der Waals surface area contributed by atoms with E-state index in [4.69, 9.17) is 5.73 Å². The number of rotatable bonds is 3. The molecule has 0 aromatic heterocycles. The summed E-state index contributed by atoms with van der Waals surface area (Å²) in [4.78, 5) is 12.0. The molecule has 1 saturated carbocycles. The van der Waals surface area contributed by atoms with Crippen molar-refractivity contribution in [3.8, 4) is 0 Å². The molecular formula is C15H21FN2O. The molecule has 1 aliphatic carbocycles. The van der Waals surface area contributed by atoms with Crippen LogP contribution in [0.1, 0.15) is 33.1 Å². The number of anilines is 1. The zero-order valence-corrected chi connectivity index (χ0v) is 11.4. The third-order valence-corrected chi connectivity index (χ3v) is 4.28. The molecule has 1 amide bonds. The first-order valence-electron chi connectivity index (χ1n) is 6.78. The molecule has 0 heterocycles. The minimum Gasteiger partial charge on any atom is -0.369 e. The third kappa shape index (κ3) is 2.57. The van der Waals surface area contributed by atoms with Crippen LogP contribution in [-0.4, -0.2) is 11.4 Å². The van der Waals surface area contributed by atoms with Crippen LogP contribution >= 0.6 is 0 Å². The molecule has 1 aromatic carbocycles. The lowest BCUT2D eigenvalue weighted by Crippen LogP contribution is -2.58. The van der Waals surface area contributed by atoms with E-state index in [9.17, 15) is 9.18 Å². The molecule has 0 spiro atoms. The number of carbonyl (C=O) groups excluding carboxylic acids is 1. The van der Waals surface area contributed by atoms with Crippen molar-refractivity contribution >= 4 is 11.6 Å². The van der Waals surface area contributed by atoms with Gasteiger partial charge in [0, 0.05) is 0 Å². The van der Waals surface area contributed by atoms with Gasteiger partial charge in [0.15, 0.2) is 0 Å². The summed E-state index contributed by atoms with van der Waals surface area (Å²) in [5.74, 6) is -0.243. The Kier molecular flexibility index (Phi) is 3.78. The van der Waals surface area contributed by atoms with Gasteiger partial charge in [-0.15, -0.1) is 0 Å². The monoisotopic (exact) mass is 264 g/mol. The molecule has 0 saturated heterocycles. The van der Waals surface area contributed by atoms with E-state index in [1.165, 1.54) is 6.07 Å². The first-order chi connectivity index (χ1) is 8.95. The van der Waals surface area contributed by atoms with Gasteiger partial charge in [0.1, 0.15) is 11.4 Å². The van der Waals surface area contributed by atoms with Crippen LogP contribution in [0.5, 0.6) is 0 Å². The summed E-state index contributed by atoms with van der Waals surface area (Å²) < 4.78 is 13.8. The summed E-state index contributed by atoms with van der Waals surface area (Å²) >= 11 is 0. The first-order valence-corrected chi connectivity index (χ1v) is 6.78. The topological polar surface area (TPSA) is 55.1 Å². The zero-order chi connectivity index (χ0) is 14.0. The van der Waals surface area contributed by atoms with Gasteiger partial charge in [-0.25, -0.2) is 4.39 Å². The Balaban J connectivity index is 2.35. The predicted octanol–water partition coefficient (Wildman–Crippen LogP) is 2.92. The minimum absolute atomic E-state index is 0.0980. The number of primary amides is 1. The standard InChI is InChI=1S/C15H21FN2O/c1-10-7-8-11(2)15(9-10,14(17)19)18-13-6-4-3-5-12(13)16/h3-6,10-11,18H,7-9H2,1-2H3,(H2,17,19). The van der Waals surface area contributed by atoms with Crippen LogP contribution in [-0.2, 0) is 4.79 Å². The number of amides is 1. The molecule has 3 nitrogen and oxygen atoms in total. The fraction of sp³-hybridized carbons (Fsp3) is 0.533. The molecule has 3 N–H and O–H groups in total. The number of para-hydroxylation sites is 1. The van der Waals surface area contributed by atoms with Gasteiger partial charge in [-0.2, -0.15) is 0 Å². The highest BCUT2D eigenvalue weighted by molar-refractivity contribution is 5.88. The van der Waals surface area contributed by atoms with Crippen molar-refractivity contribution < 1.29 is 9.18 Å². The maximum atomic E-state index is 13.8. The number of nitrogens with one attached hydrogen (secondary N) is 1. The lowest BCUT2D eigenvalue weighted by atomic mass is 9.69. The van der Waals surface area contributed by atoms with Crippen LogP contribution in [0.25, 0.3) is 0 Å². The molecule has 104 valence electrons. The summed E-state index contributed by atoms with van der Waals surface area (Å²) in [5, 5.41) is 3.09. The molecule has 3 unspecified atom stereocenters. The quantitative estimate of drug-likeness (QED) is 0.882. The van der Waals surface area contributed by atoms with Crippen LogP contribution in [0.15, 0.2) is 24.3 Å². The van der Waals surface area contributed by atoms with Gasteiger partial charge in [0.2, 0.25) is 5.91 Å². The summed E-state index contributed by atoms with van der Waals surface area (Å²) in [5.41, 5.74) is 5.13. The van der Waals surface area contributed by atoms with E-state index in [0.717, 1.165) is 12.8 Å². The van der Waals surface area contributed by atoms with Crippen molar-refractivity contribution in [1.29, 1.82) is 0 Å². The van der Waals surface area contributed by atoms with Crippen LogP contribution in [0, 0.1) is 17.7 Å². The van der Waals surface area contributed by atoms with E-state index in [2.05, 4.69) is 12.2 Å². The highest BCUT2D eigenvalue weighted by Crippen LogP contribution is 2.39. The van der Waals surface area contributed by atoms with Crippen molar-refractivity contribution in [2.45, 2.75) is 38.6 Å². The number of hydrogen-bond acceptors (Lipinski definition) is 2. The van der Waals surface area contributed by atoms with Gasteiger partial charge < -0.3 is 11.1 Å². The third-order valence-electron chi connectivity index (χ3n) is 4.28. The van der Waals surface area contributed by atoms with Crippen LogP contribution in [0.4, 0.5) is 10.1 Å². The molecule has 1 fully saturated rings. The van der Waals surface area contributed by atoms with E-state index < -0.39 is 11.4 Å². The van der Waals surface area contributed by atoms with E-state index in [0.29, 0.717) is 18.0 Å². The number of benzene rings is 1. The van der Waals surface area contributed by atoms with E-state index in [-0.39, 0.29) is 11.7 Å². The van der Waals surface area contributed by atoms with Crippen molar-refractivity contribution in [2.24, 2.45) is 17.6 Å². The normalized spacial score (nSPS) is 30.9. The predicted molar refractivity (Wildman–Crippen MR) is 74.1 cm³/mol. The Morgan fingerprint density at radius 1 is 1.37 bits per heavy atom. The summed E-state index contributed by atoms with van der Waals surface area (Å²) in [6.07, 6.45) is 2.65. The zero-order valence-electron chi connectivity index (χ0n) is 11.4. The lowest BCUT2D eigenvalue weighted by Gasteiger charge is -2.43. The van der Waals surface area contributed by atoms with E-state index >= 15 is 0 Å². The van der Waals surface area contributed by atoms with E-state index in [1.54, 1.807) is 18.2 Å². The number of hydrogen-bond donors (Lipinski definition) is 2. The molecule has 1 aliphatic rings.